The van der Waals surface area contributed by atoms with Crippen LogP contribution >= 0.6 is 11.3 Å². The van der Waals surface area contributed by atoms with Gasteiger partial charge in [0.25, 0.3) is 5.91 Å². The number of nitrogens with zero attached hydrogens (tertiary/aromatic N) is 2. The van der Waals surface area contributed by atoms with Crippen LogP contribution in [0.3, 0.4) is 0 Å². The van der Waals surface area contributed by atoms with E-state index in [1.807, 2.05) is 0 Å². The van der Waals surface area contributed by atoms with Gasteiger partial charge in [-0.15, -0.1) is 0 Å². The maximum Gasteiger partial charge on any atom is 0.350 e. The number of thiazole rings is 1. The van der Waals surface area contributed by atoms with Crippen LogP contribution in [0.25, 0.3) is 0 Å². The first-order valence-corrected chi connectivity index (χ1v) is 8.39. The molecule has 0 atom stereocenters. The van der Waals surface area contributed by atoms with Gasteiger partial charge in [-0.3, -0.25) is 4.79 Å². The molecular weight excluding hydrogens is 344 g/mol. The summed E-state index contributed by atoms with van der Waals surface area (Å²) in [7, 11) is 4.70. The van der Waals surface area contributed by atoms with Crippen molar-refractivity contribution < 1.29 is 23.8 Å². The molecule has 2 aromatic rings. The topological polar surface area (TPSA) is 79.1 Å². The van der Waals surface area contributed by atoms with Crippen molar-refractivity contribution in [3.63, 3.8) is 0 Å². The van der Waals surface area contributed by atoms with Crippen LogP contribution in [-0.4, -0.2) is 37.3 Å². The van der Waals surface area contributed by atoms with Crippen molar-refractivity contribution in [3.05, 3.63) is 39.1 Å². The second-order valence-corrected chi connectivity index (χ2v) is 6.01. The van der Waals surface area contributed by atoms with Gasteiger partial charge < -0.3 is 18.8 Å². The maximum atomic E-state index is 12.6. The van der Waals surface area contributed by atoms with Gasteiger partial charge in [-0.05, 0) is 26.0 Å². The molecule has 1 heterocycles. The van der Waals surface area contributed by atoms with Crippen molar-refractivity contribution in [1.29, 1.82) is 0 Å². The molecule has 0 fully saturated rings. The number of esters is 1. The summed E-state index contributed by atoms with van der Waals surface area (Å²) in [6, 6.07) is 5.00. The lowest BCUT2D eigenvalue weighted by Gasteiger charge is -2.09. The number of carbonyl (C=O) groups excluding carboxylic acids is 2. The number of ether oxygens (including phenoxy) is 3. The molecule has 1 aromatic carbocycles. The second kappa shape index (κ2) is 7.98. The Labute approximate surface area is 149 Å². The number of carbonyl (C=O) groups is 2. The van der Waals surface area contributed by atoms with Crippen molar-refractivity contribution >= 4 is 23.2 Å². The lowest BCUT2D eigenvalue weighted by Crippen LogP contribution is -2.15. The van der Waals surface area contributed by atoms with Crippen LogP contribution in [0.2, 0.25) is 0 Å². The van der Waals surface area contributed by atoms with Gasteiger partial charge in [0, 0.05) is 12.7 Å². The quantitative estimate of drug-likeness (QED) is 0.761. The van der Waals surface area contributed by atoms with E-state index in [1.54, 1.807) is 43.7 Å². The van der Waals surface area contributed by atoms with Crippen LogP contribution in [0.4, 0.5) is 0 Å². The lowest BCUT2D eigenvalue weighted by molar-refractivity contribution is 0.0530. The van der Waals surface area contributed by atoms with E-state index in [-0.39, 0.29) is 12.2 Å². The molecule has 0 aliphatic carbocycles. The Bertz CT molecular complexity index is 866. The molecule has 7 nitrogen and oxygen atoms in total. The summed E-state index contributed by atoms with van der Waals surface area (Å²) in [5.74, 6) is -0.140. The summed E-state index contributed by atoms with van der Waals surface area (Å²) in [5.41, 5.74) is 0.971. The molecule has 1 aromatic heterocycles. The maximum absolute atomic E-state index is 12.6. The van der Waals surface area contributed by atoms with Crippen LogP contribution in [0, 0.1) is 6.92 Å². The summed E-state index contributed by atoms with van der Waals surface area (Å²) in [5, 5.41) is 0. The molecule has 0 aliphatic heterocycles. The predicted octanol–water partition coefficient (Wildman–Crippen LogP) is 2.33. The summed E-state index contributed by atoms with van der Waals surface area (Å²) in [6.07, 6.45) is 0. The first kappa shape index (κ1) is 18.7. The van der Waals surface area contributed by atoms with Gasteiger partial charge in [0.05, 0.1) is 26.4 Å². The second-order valence-electron chi connectivity index (χ2n) is 5.04. The number of amides is 1. The summed E-state index contributed by atoms with van der Waals surface area (Å²) in [6.45, 7) is 3.80. The molecule has 8 heteroatoms. The Hall–Kier alpha value is -2.61. The van der Waals surface area contributed by atoms with E-state index < -0.39 is 11.9 Å². The molecule has 2 rings (SSSR count). The molecule has 25 heavy (non-hydrogen) atoms. The molecule has 0 spiro atoms. The highest BCUT2D eigenvalue weighted by atomic mass is 32.1. The Morgan fingerprint density at radius 3 is 2.56 bits per heavy atom. The number of benzene rings is 1. The third-order valence-electron chi connectivity index (χ3n) is 3.60. The molecule has 0 saturated heterocycles. The van der Waals surface area contributed by atoms with Crippen molar-refractivity contribution in [2.45, 2.75) is 13.8 Å². The fourth-order valence-corrected chi connectivity index (χ4v) is 3.23. The van der Waals surface area contributed by atoms with Gasteiger partial charge in [0.2, 0.25) is 0 Å². The van der Waals surface area contributed by atoms with Gasteiger partial charge in [0.15, 0.2) is 16.3 Å². The number of aromatic nitrogens is 1. The fourth-order valence-electron chi connectivity index (χ4n) is 2.22. The molecule has 0 bridgehead atoms. The highest BCUT2D eigenvalue weighted by molar-refractivity contribution is 7.11. The van der Waals surface area contributed by atoms with Crippen molar-refractivity contribution in [1.82, 2.24) is 4.57 Å². The van der Waals surface area contributed by atoms with E-state index in [2.05, 4.69) is 4.99 Å². The zero-order valence-electron chi connectivity index (χ0n) is 14.8. The van der Waals surface area contributed by atoms with Gasteiger partial charge in [-0.25, -0.2) is 4.79 Å². The average Bonchev–Trinajstić information content (AvgIpc) is 2.89. The molecule has 0 radical (unpaired) electrons. The van der Waals surface area contributed by atoms with Crippen LogP contribution in [0.15, 0.2) is 23.2 Å². The zero-order valence-corrected chi connectivity index (χ0v) is 15.6. The third-order valence-corrected chi connectivity index (χ3v) is 4.82. The van der Waals surface area contributed by atoms with Crippen LogP contribution in [0.5, 0.6) is 11.5 Å². The Morgan fingerprint density at radius 2 is 1.96 bits per heavy atom. The number of hydrogen-bond donors (Lipinski definition) is 0. The summed E-state index contributed by atoms with van der Waals surface area (Å²) < 4.78 is 17.2. The van der Waals surface area contributed by atoms with E-state index in [0.29, 0.717) is 26.9 Å². The lowest BCUT2D eigenvalue weighted by atomic mass is 10.2. The molecule has 0 aliphatic rings. The SMILES string of the molecule is CCOC(=O)c1sc(=NC(=O)c2cccc(OC)c2OC)n(C)c1C. The molecule has 0 saturated carbocycles. The number of methoxy groups -OCH3 is 2. The van der Waals surface area contributed by atoms with Gasteiger partial charge >= 0.3 is 5.97 Å². The number of para-hydroxylation sites is 1. The standard InChI is InChI=1S/C17H20N2O5S/c1-6-24-16(21)14-10(2)19(3)17(25-14)18-15(20)11-8-7-9-12(22-4)13(11)23-5/h7-9H,6H2,1-5H3. The molecule has 0 N–H and O–H groups in total. The summed E-state index contributed by atoms with van der Waals surface area (Å²) >= 11 is 1.11. The molecular formula is C17H20N2O5S. The van der Waals surface area contributed by atoms with E-state index >= 15 is 0 Å². The summed E-state index contributed by atoms with van der Waals surface area (Å²) in [4.78, 5) is 29.5. The van der Waals surface area contributed by atoms with Crippen LogP contribution < -0.4 is 14.3 Å². The monoisotopic (exact) mass is 364 g/mol. The smallest absolute Gasteiger partial charge is 0.350 e. The third kappa shape index (κ3) is 3.74. The minimum absolute atomic E-state index is 0.283. The van der Waals surface area contributed by atoms with E-state index in [0.717, 1.165) is 11.3 Å². The Kier molecular flexibility index (Phi) is 5.97. The van der Waals surface area contributed by atoms with E-state index in [4.69, 9.17) is 14.2 Å². The zero-order chi connectivity index (χ0) is 18.6. The van der Waals surface area contributed by atoms with Gasteiger partial charge in [-0.2, -0.15) is 4.99 Å². The molecule has 134 valence electrons. The predicted molar refractivity (Wildman–Crippen MR) is 93.4 cm³/mol. The van der Waals surface area contributed by atoms with Gasteiger partial charge in [-0.1, -0.05) is 17.4 Å². The highest BCUT2D eigenvalue weighted by Crippen LogP contribution is 2.31. The first-order chi connectivity index (χ1) is 11.9. The first-order valence-electron chi connectivity index (χ1n) is 7.58. The minimum atomic E-state index is -0.483. The van der Waals surface area contributed by atoms with Crippen LogP contribution in [-0.2, 0) is 11.8 Å². The van der Waals surface area contributed by atoms with E-state index in [9.17, 15) is 9.59 Å². The Morgan fingerprint density at radius 1 is 1.24 bits per heavy atom. The van der Waals surface area contributed by atoms with Crippen molar-refractivity contribution in [2.75, 3.05) is 20.8 Å². The average molecular weight is 364 g/mol. The van der Waals surface area contributed by atoms with Crippen molar-refractivity contribution in [2.24, 2.45) is 12.0 Å². The normalized spacial score (nSPS) is 11.3. The molecule has 0 unspecified atom stereocenters. The fraction of sp³-hybridized carbons (Fsp3) is 0.353. The molecule has 1 amide bonds. The van der Waals surface area contributed by atoms with E-state index in [1.165, 1.54) is 14.2 Å². The Balaban J connectivity index is 2.50. The minimum Gasteiger partial charge on any atom is -0.493 e. The highest BCUT2D eigenvalue weighted by Gasteiger charge is 2.19. The largest absolute Gasteiger partial charge is 0.493 e. The van der Waals surface area contributed by atoms with Gasteiger partial charge in [0.1, 0.15) is 4.88 Å². The number of hydrogen-bond acceptors (Lipinski definition) is 6. The van der Waals surface area contributed by atoms with Crippen LogP contribution in [0.1, 0.15) is 32.6 Å². The van der Waals surface area contributed by atoms with Crippen molar-refractivity contribution in [3.8, 4) is 11.5 Å². The number of rotatable bonds is 5.